The summed E-state index contributed by atoms with van der Waals surface area (Å²) in [6, 6.07) is 0. The molecule has 0 aromatic carbocycles. The summed E-state index contributed by atoms with van der Waals surface area (Å²) >= 11 is 0. The van der Waals surface area contributed by atoms with Gasteiger partial charge >= 0.3 is 5.97 Å². The zero-order chi connectivity index (χ0) is 36.1. The van der Waals surface area contributed by atoms with Crippen LogP contribution in [-0.4, -0.2) is 109 Å². The minimum absolute atomic E-state index is 0.105. The molecule has 0 amide bonds. The van der Waals surface area contributed by atoms with Crippen molar-refractivity contribution < 1.29 is 59.2 Å². The number of aliphatic hydroxyl groups is 6. The molecule has 276 valence electrons. The molecule has 2 saturated heterocycles. The van der Waals surface area contributed by atoms with Crippen molar-refractivity contribution in [2.45, 2.75) is 154 Å². The Morgan fingerprint density at radius 3 is 2.41 bits per heavy atom. The Balaban J connectivity index is 1.27. The highest BCUT2D eigenvalue weighted by Crippen LogP contribution is 2.88. The van der Waals surface area contributed by atoms with Gasteiger partial charge in [-0.3, -0.25) is 9.59 Å². The molecule has 12 nitrogen and oxygen atoms in total. The number of Topliss-reactive ketones (excluding diaryl/α,β-unsaturated/α-hetero) is 1. The number of carbonyl (C=O) groups excluding carboxylic acids is 2. The van der Waals surface area contributed by atoms with Gasteiger partial charge in [0, 0.05) is 23.7 Å². The molecule has 0 aromatic heterocycles. The Bertz CT molecular complexity index is 1440. The van der Waals surface area contributed by atoms with E-state index in [2.05, 4.69) is 19.9 Å². The van der Waals surface area contributed by atoms with E-state index in [0.29, 0.717) is 25.7 Å². The summed E-state index contributed by atoms with van der Waals surface area (Å²) in [6.45, 7) is 14.2. The molecular weight excluding hydrogens is 636 g/mol. The van der Waals surface area contributed by atoms with Crippen LogP contribution in [0.1, 0.15) is 93.9 Å². The monoisotopic (exact) mass is 692 g/mol. The maximum Gasteiger partial charge on any atom is 0.302 e. The number of esters is 1. The predicted octanol–water partition coefficient (Wildman–Crippen LogP) is 1.75. The molecule has 2 heterocycles. The summed E-state index contributed by atoms with van der Waals surface area (Å²) in [7, 11) is 0. The number of ether oxygens (including phenoxy) is 4. The third-order valence-corrected chi connectivity index (χ3v) is 15.1. The van der Waals surface area contributed by atoms with Gasteiger partial charge in [0.05, 0.1) is 29.8 Å². The van der Waals surface area contributed by atoms with Gasteiger partial charge in [-0.05, 0) is 82.0 Å². The van der Waals surface area contributed by atoms with Gasteiger partial charge in [-0.2, -0.15) is 0 Å². The van der Waals surface area contributed by atoms with E-state index in [9.17, 15) is 35.4 Å². The number of allylic oxidation sites excluding steroid dienone is 2. The van der Waals surface area contributed by atoms with Crippen molar-refractivity contribution in [3.05, 3.63) is 11.6 Å². The molecule has 2 spiro atoms. The average molecular weight is 693 g/mol. The molecule has 12 heteroatoms. The number of fused-ring (bicyclic) bond motifs is 4. The lowest BCUT2D eigenvalue weighted by molar-refractivity contribution is -0.307. The van der Waals surface area contributed by atoms with Gasteiger partial charge < -0.3 is 49.6 Å². The first-order chi connectivity index (χ1) is 22.5. The number of ketones is 1. The Morgan fingerprint density at radius 1 is 1.10 bits per heavy atom. The number of hydrogen-bond donors (Lipinski definition) is 6. The molecule has 2 aliphatic heterocycles. The van der Waals surface area contributed by atoms with Crippen LogP contribution < -0.4 is 0 Å². The summed E-state index contributed by atoms with van der Waals surface area (Å²) in [5.74, 6) is -4.18. The first-order valence-electron chi connectivity index (χ1n) is 18.1. The molecule has 7 rings (SSSR count). The summed E-state index contributed by atoms with van der Waals surface area (Å²) < 4.78 is 24.5. The van der Waals surface area contributed by atoms with Gasteiger partial charge in [-0.15, -0.1) is 0 Å². The van der Waals surface area contributed by atoms with Crippen LogP contribution in [-0.2, 0) is 28.5 Å². The third kappa shape index (κ3) is 4.41. The van der Waals surface area contributed by atoms with Crippen LogP contribution in [0.25, 0.3) is 0 Å². The largest absolute Gasteiger partial charge is 0.462 e. The highest BCUT2D eigenvalue weighted by Gasteiger charge is 2.88. The zero-order valence-electron chi connectivity index (χ0n) is 30.0. The molecule has 0 unspecified atom stereocenters. The normalized spacial score (nSPS) is 53.6. The van der Waals surface area contributed by atoms with Crippen molar-refractivity contribution >= 4 is 11.8 Å². The van der Waals surface area contributed by atoms with Crippen molar-refractivity contribution in [3.8, 4) is 0 Å². The first-order valence-corrected chi connectivity index (χ1v) is 18.1. The molecular formula is C37H56O12. The first kappa shape index (κ1) is 35.9. The van der Waals surface area contributed by atoms with Gasteiger partial charge in [0.2, 0.25) is 11.6 Å². The van der Waals surface area contributed by atoms with Crippen LogP contribution in [0.5, 0.6) is 0 Å². The fourth-order valence-electron chi connectivity index (χ4n) is 12.7. The van der Waals surface area contributed by atoms with Crippen LogP contribution in [0.4, 0.5) is 0 Å². The average Bonchev–Trinajstić information content (AvgIpc) is 3.63. The Labute approximate surface area is 288 Å². The highest BCUT2D eigenvalue weighted by atomic mass is 16.7. The molecule has 49 heavy (non-hydrogen) atoms. The van der Waals surface area contributed by atoms with E-state index in [1.807, 2.05) is 20.8 Å². The number of aliphatic hydroxyl groups excluding tert-OH is 4. The van der Waals surface area contributed by atoms with E-state index in [1.165, 1.54) is 20.8 Å². The molecule has 7 aliphatic rings. The summed E-state index contributed by atoms with van der Waals surface area (Å²) in [6.07, 6.45) is -2.60. The molecule has 16 atom stereocenters. The minimum Gasteiger partial charge on any atom is -0.462 e. The maximum absolute atomic E-state index is 15.1. The van der Waals surface area contributed by atoms with Crippen molar-refractivity contribution in [1.29, 1.82) is 0 Å². The highest BCUT2D eigenvalue weighted by molar-refractivity contribution is 5.99. The number of hydrogen-bond acceptors (Lipinski definition) is 12. The lowest BCUT2D eigenvalue weighted by Crippen LogP contribution is -2.62. The van der Waals surface area contributed by atoms with E-state index in [0.717, 1.165) is 18.4 Å². The molecule has 6 fully saturated rings. The van der Waals surface area contributed by atoms with E-state index in [1.54, 1.807) is 0 Å². The predicted molar refractivity (Wildman–Crippen MR) is 172 cm³/mol. The molecule has 5 aliphatic carbocycles. The number of rotatable bonds is 5. The van der Waals surface area contributed by atoms with Crippen LogP contribution in [0.15, 0.2) is 11.6 Å². The molecule has 0 radical (unpaired) electrons. The fraction of sp³-hybridized carbons (Fsp3) is 0.892. The molecule has 0 bridgehead atoms. The summed E-state index contributed by atoms with van der Waals surface area (Å²) in [4.78, 5) is 27.9. The van der Waals surface area contributed by atoms with E-state index in [4.69, 9.17) is 18.9 Å². The Kier molecular flexibility index (Phi) is 7.91. The van der Waals surface area contributed by atoms with Gasteiger partial charge in [0.1, 0.15) is 30.5 Å². The standard InChI is InChI=1S/C37H56O12/c1-17-13-20(28(42)32(5,6)44)49-37(45)27(17)34(8)24(47-18(2)38)14-36-16-35(36)12-11-23(48-29-26(41)25(40)19(39)15-46-29)31(3,4)21(35)9-10-22(36)33(34,7)30(37)43/h10,17,19-21,23-29,39-42,44-45H,9,11-16H2,1-8H3/t17-,19-,20+,21-,23+,24-,25+,26-,27-,28+,29+,33-,34-,35-,36+,37-/m1/s1. The van der Waals surface area contributed by atoms with Crippen LogP contribution in [0.2, 0.25) is 0 Å². The second kappa shape index (κ2) is 10.8. The quantitative estimate of drug-likeness (QED) is 0.181. The van der Waals surface area contributed by atoms with Gasteiger partial charge in [0.15, 0.2) is 6.29 Å². The minimum atomic E-state index is -2.27. The number of carbonyl (C=O) groups is 2. The van der Waals surface area contributed by atoms with Crippen molar-refractivity contribution in [3.63, 3.8) is 0 Å². The molecule has 4 saturated carbocycles. The molecule has 0 aromatic rings. The SMILES string of the molecule is CC(=O)O[C@@H]1C[C@@]23C[C@@]24CC[C@H](O[C@@H]2OC[C@@H](O)[C@H](O)[C@H]2O)C(C)(C)[C@H]4CC=C3[C@]2(C)C(=O)[C@]3(O)O[C@H]([C@H](O)C(C)(C)O)C[C@@H](C)[C@@H]3[C@@]12C. The fourth-order valence-corrected chi connectivity index (χ4v) is 12.7. The van der Waals surface area contributed by atoms with Gasteiger partial charge in [-0.25, -0.2) is 0 Å². The van der Waals surface area contributed by atoms with Crippen molar-refractivity contribution in [2.75, 3.05) is 6.61 Å². The second-order valence-electron chi connectivity index (χ2n) is 18.2. The van der Waals surface area contributed by atoms with E-state index in [-0.39, 0.29) is 30.0 Å². The zero-order valence-corrected chi connectivity index (χ0v) is 30.0. The van der Waals surface area contributed by atoms with Crippen LogP contribution in [0, 0.1) is 44.8 Å². The topological polar surface area (TPSA) is 192 Å². The van der Waals surface area contributed by atoms with Crippen molar-refractivity contribution in [2.24, 2.45) is 44.8 Å². The Morgan fingerprint density at radius 2 is 1.78 bits per heavy atom. The molecule has 6 N–H and O–H groups in total. The maximum atomic E-state index is 15.1. The van der Waals surface area contributed by atoms with Gasteiger partial charge in [-0.1, -0.05) is 39.3 Å². The summed E-state index contributed by atoms with van der Waals surface area (Å²) in [5.41, 5.74) is -3.95. The van der Waals surface area contributed by atoms with E-state index < -0.39 is 93.6 Å². The second-order valence-corrected chi connectivity index (χ2v) is 18.2. The lowest BCUT2D eigenvalue weighted by atomic mass is 9.44. The Hall–Kier alpha value is -1.48. The van der Waals surface area contributed by atoms with Crippen molar-refractivity contribution in [1.82, 2.24) is 0 Å². The third-order valence-electron chi connectivity index (χ3n) is 15.1. The summed E-state index contributed by atoms with van der Waals surface area (Å²) in [5, 5.41) is 65.0. The smallest absolute Gasteiger partial charge is 0.302 e. The van der Waals surface area contributed by atoms with Crippen LogP contribution in [0.3, 0.4) is 0 Å². The van der Waals surface area contributed by atoms with Gasteiger partial charge in [0.25, 0.3) is 0 Å². The van der Waals surface area contributed by atoms with Crippen LogP contribution >= 0.6 is 0 Å². The lowest BCUT2D eigenvalue weighted by Gasteiger charge is -2.61. The van der Waals surface area contributed by atoms with E-state index >= 15 is 4.79 Å².